The van der Waals surface area contributed by atoms with E-state index in [1.54, 1.807) is 0 Å². The number of hydrogen-bond acceptors (Lipinski definition) is 4. The van der Waals surface area contributed by atoms with Crippen molar-refractivity contribution in [2.45, 2.75) is 18.7 Å². The van der Waals surface area contributed by atoms with Crippen molar-refractivity contribution in [3.63, 3.8) is 0 Å². The summed E-state index contributed by atoms with van der Waals surface area (Å²) < 4.78 is 37.8. The lowest BCUT2D eigenvalue weighted by Gasteiger charge is -2.23. The molecule has 1 unspecified atom stereocenters. The van der Waals surface area contributed by atoms with Crippen LogP contribution in [0.15, 0.2) is 42.5 Å². The molecule has 10 heteroatoms. The molecular weight excluding hydrogens is 377 g/mol. The van der Waals surface area contributed by atoms with Crippen LogP contribution >= 0.6 is 11.6 Å². The van der Waals surface area contributed by atoms with Gasteiger partial charge in [-0.25, -0.2) is 0 Å². The number of nitro benzene ring substituents is 1. The topological polar surface area (TPSA) is 92.5 Å². The summed E-state index contributed by atoms with van der Waals surface area (Å²) in [5, 5.41) is 23.2. The van der Waals surface area contributed by atoms with Gasteiger partial charge in [-0.3, -0.25) is 14.9 Å². The predicted molar refractivity (Wildman–Crippen MR) is 87.8 cm³/mol. The Morgan fingerprint density at radius 3 is 2.15 bits per heavy atom. The monoisotopic (exact) mass is 388 g/mol. The molecule has 0 saturated heterocycles. The summed E-state index contributed by atoms with van der Waals surface area (Å²) in [6.07, 6.45) is -4.54. The highest BCUT2D eigenvalue weighted by molar-refractivity contribution is 6.33. The summed E-state index contributed by atoms with van der Waals surface area (Å²) in [5.74, 6) is -0.942. The van der Waals surface area contributed by atoms with Crippen LogP contribution in [-0.4, -0.2) is 15.9 Å². The molecule has 0 spiro atoms. The van der Waals surface area contributed by atoms with E-state index in [4.69, 9.17) is 11.6 Å². The normalized spacial score (nSPS) is 13.8. The largest absolute Gasteiger partial charge is 0.416 e. The summed E-state index contributed by atoms with van der Waals surface area (Å²) in [4.78, 5) is 22.3. The third-order valence-electron chi connectivity index (χ3n) is 3.62. The second kappa shape index (κ2) is 6.93. The van der Waals surface area contributed by atoms with Crippen molar-refractivity contribution in [3.8, 4) is 0 Å². The highest BCUT2D eigenvalue weighted by Gasteiger charge is 2.35. The molecule has 1 amide bonds. The second-order valence-electron chi connectivity index (χ2n) is 5.52. The molecule has 0 radical (unpaired) electrons. The lowest BCUT2D eigenvalue weighted by molar-refractivity contribution is -0.384. The zero-order valence-electron chi connectivity index (χ0n) is 13.2. The number of rotatable bonds is 4. The first kappa shape index (κ1) is 19.7. The highest BCUT2D eigenvalue weighted by atomic mass is 35.5. The Morgan fingerprint density at radius 1 is 1.15 bits per heavy atom. The SMILES string of the molecule is CC(O)(C(=O)Nc1ccc([N+](=O)[O-])c(Cl)c1)c1ccc(C(F)(F)F)cc1. The van der Waals surface area contributed by atoms with Crippen LogP contribution in [-0.2, 0) is 16.6 Å². The van der Waals surface area contributed by atoms with E-state index in [0.29, 0.717) is 0 Å². The van der Waals surface area contributed by atoms with Crippen LogP contribution in [0.25, 0.3) is 0 Å². The number of benzene rings is 2. The van der Waals surface area contributed by atoms with Crippen LogP contribution < -0.4 is 5.32 Å². The summed E-state index contributed by atoms with van der Waals surface area (Å²) in [6.45, 7) is 1.11. The number of alkyl halides is 3. The molecule has 2 aromatic rings. The van der Waals surface area contributed by atoms with Crippen molar-refractivity contribution in [2.24, 2.45) is 0 Å². The zero-order chi connectivity index (χ0) is 19.7. The van der Waals surface area contributed by atoms with E-state index in [9.17, 15) is 33.2 Å². The Kier molecular flexibility index (Phi) is 5.24. The number of aliphatic hydroxyl groups is 1. The molecule has 0 aliphatic rings. The third-order valence-corrected chi connectivity index (χ3v) is 3.92. The number of nitro groups is 1. The summed E-state index contributed by atoms with van der Waals surface area (Å²) in [5.41, 5.74) is -3.40. The first-order valence-corrected chi connectivity index (χ1v) is 7.46. The van der Waals surface area contributed by atoms with Crippen LogP contribution in [0.1, 0.15) is 18.1 Å². The minimum atomic E-state index is -4.54. The minimum Gasteiger partial charge on any atom is -0.376 e. The molecule has 6 nitrogen and oxygen atoms in total. The minimum absolute atomic E-state index is 0.0593. The van der Waals surface area contributed by atoms with Gasteiger partial charge in [-0.05, 0) is 36.8 Å². The Hall–Kier alpha value is -2.65. The maximum atomic E-state index is 12.6. The fourth-order valence-corrected chi connectivity index (χ4v) is 2.35. The van der Waals surface area contributed by atoms with Gasteiger partial charge in [0, 0.05) is 11.8 Å². The molecule has 1 atom stereocenters. The molecule has 2 N–H and O–H groups in total. The Balaban J connectivity index is 2.22. The van der Waals surface area contributed by atoms with E-state index in [-0.39, 0.29) is 22.0 Å². The molecule has 0 aromatic heterocycles. The number of amides is 1. The van der Waals surface area contributed by atoms with Gasteiger partial charge in [-0.2, -0.15) is 13.2 Å². The van der Waals surface area contributed by atoms with Gasteiger partial charge in [0.1, 0.15) is 5.02 Å². The third kappa shape index (κ3) is 4.12. The number of carbonyl (C=O) groups excluding carboxylic acids is 1. The fourth-order valence-electron chi connectivity index (χ4n) is 2.10. The molecule has 0 aliphatic carbocycles. The lowest BCUT2D eigenvalue weighted by atomic mass is 9.94. The molecule has 0 fully saturated rings. The molecule has 2 aromatic carbocycles. The average Bonchev–Trinajstić information content (AvgIpc) is 2.53. The molecular formula is C16H12ClF3N2O4. The van der Waals surface area contributed by atoms with Crippen molar-refractivity contribution in [1.82, 2.24) is 0 Å². The van der Waals surface area contributed by atoms with Gasteiger partial charge < -0.3 is 10.4 Å². The highest BCUT2D eigenvalue weighted by Crippen LogP contribution is 2.32. The zero-order valence-corrected chi connectivity index (χ0v) is 13.9. The maximum absolute atomic E-state index is 12.6. The van der Waals surface area contributed by atoms with E-state index in [0.717, 1.165) is 43.3 Å². The van der Waals surface area contributed by atoms with Gasteiger partial charge in [-0.15, -0.1) is 0 Å². The van der Waals surface area contributed by atoms with Crippen LogP contribution in [0.3, 0.4) is 0 Å². The van der Waals surface area contributed by atoms with Crippen molar-refractivity contribution in [2.75, 3.05) is 5.32 Å². The van der Waals surface area contributed by atoms with Gasteiger partial charge in [0.25, 0.3) is 11.6 Å². The number of halogens is 4. The number of anilines is 1. The van der Waals surface area contributed by atoms with Gasteiger partial charge in [0.2, 0.25) is 0 Å². The summed E-state index contributed by atoms with van der Waals surface area (Å²) >= 11 is 5.74. The van der Waals surface area contributed by atoms with Crippen molar-refractivity contribution in [3.05, 3.63) is 68.7 Å². The van der Waals surface area contributed by atoms with Gasteiger partial charge in [-0.1, -0.05) is 23.7 Å². The van der Waals surface area contributed by atoms with Gasteiger partial charge in [0.05, 0.1) is 10.5 Å². The van der Waals surface area contributed by atoms with E-state index < -0.39 is 28.2 Å². The quantitative estimate of drug-likeness (QED) is 0.609. The van der Waals surface area contributed by atoms with E-state index in [1.165, 1.54) is 6.07 Å². The smallest absolute Gasteiger partial charge is 0.376 e. The van der Waals surface area contributed by atoms with Crippen LogP contribution in [0.2, 0.25) is 5.02 Å². The molecule has 0 saturated carbocycles. The van der Waals surface area contributed by atoms with E-state index >= 15 is 0 Å². The second-order valence-corrected chi connectivity index (χ2v) is 5.93. The van der Waals surface area contributed by atoms with E-state index in [2.05, 4.69) is 5.32 Å². The number of hydrogen-bond donors (Lipinski definition) is 2. The van der Waals surface area contributed by atoms with Gasteiger partial charge in [0.15, 0.2) is 5.60 Å². The molecule has 138 valence electrons. The van der Waals surface area contributed by atoms with E-state index in [1.807, 2.05) is 0 Å². The average molecular weight is 389 g/mol. The summed E-state index contributed by atoms with van der Waals surface area (Å²) in [6, 6.07) is 6.89. The lowest BCUT2D eigenvalue weighted by Crippen LogP contribution is -2.37. The van der Waals surface area contributed by atoms with Crippen LogP contribution in [0, 0.1) is 10.1 Å². The Bertz CT molecular complexity index is 852. The molecule has 0 aliphatic heterocycles. The van der Waals surface area contributed by atoms with Crippen molar-refractivity contribution < 1.29 is 28.0 Å². The summed E-state index contributed by atoms with van der Waals surface area (Å²) in [7, 11) is 0. The molecule has 0 bridgehead atoms. The first-order valence-electron chi connectivity index (χ1n) is 7.08. The van der Waals surface area contributed by atoms with Crippen LogP contribution in [0.4, 0.5) is 24.5 Å². The van der Waals surface area contributed by atoms with Crippen molar-refractivity contribution >= 4 is 28.9 Å². The van der Waals surface area contributed by atoms with Gasteiger partial charge >= 0.3 is 6.18 Å². The Labute approximate surface area is 150 Å². The predicted octanol–water partition coefficient (Wildman–Crippen LogP) is 4.11. The standard InChI is InChI=1S/C16H12ClF3N2O4/c1-15(24,9-2-4-10(5-3-9)16(18,19)20)14(23)21-11-6-7-13(22(25)26)12(17)8-11/h2-8,24H,1H3,(H,21,23). The van der Waals surface area contributed by atoms with Crippen molar-refractivity contribution in [1.29, 1.82) is 0 Å². The van der Waals surface area contributed by atoms with Crippen LogP contribution in [0.5, 0.6) is 0 Å². The number of carbonyl (C=O) groups is 1. The molecule has 26 heavy (non-hydrogen) atoms. The molecule has 2 rings (SSSR count). The number of nitrogens with zero attached hydrogens (tertiary/aromatic N) is 1. The molecule has 0 heterocycles. The fraction of sp³-hybridized carbons (Fsp3) is 0.188. The number of nitrogens with one attached hydrogen (secondary N) is 1. The maximum Gasteiger partial charge on any atom is 0.416 e. The Morgan fingerprint density at radius 2 is 1.69 bits per heavy atom. The first-order chi connectivity index (χ1) is 11.9.